The molecular formula is C27H35N3O2. The van der Waals surface area contributed by atoms with Gasteiger partial charge in [0.25, 0.3) is 0 Å². The Morgan fingerprint density at radius 2 is 1.41 bits per heavy atom. The number of likely N-dealkylation sites (tertiary alicyclic amines) is 1. The molecule has 1 aliphatic carbocycles. The summed E-state index contributed by atoms with van der Waals surface area (Å²) in [7, 11) is 0. The number of carbonyl (C=O) groups excluding carboxylic acids is 2. The Balaban J connectivity index is 1.19. The van der Waals surface area contributed by atoms with E-state index in [1.165, 1.54) is 11.1 Å². The fraction of sp³-hybridized carbons (Fsp3) is 0.481. The Kier molecular flexibility index (Phi) is 7.94. The van der Waals surface area contributed by atoms with Crippen molar-refractivity contribution in [2.24, 2.45) is 0 Å². The van der Waals surface area contributed by atoms with Gasteiger partial charge in [-0.2, -0.15) is 0 Å². The van der Waals surface area contributed by atoms with E-state index in [9.17, 15) is 9.59 Å². The Hall–Kier alpha value is -2.66. The summed E-state index contributed by atoms with van der Waals surface area (Å²) >= 11 is 0. The van der Waals surface area contributed by atoms with Crippen molar-refractivity contribution in [3.05, 3.63) is 71.8 Å². The van der Waals surface area contributed by atoms with Crippen LogP contribution >= 0.6 is 0 Å². The average molecular weight is 434 g/mol. The van der Waals surface area contributed by atoms with Crippen LogP contribution in [0.25, 0.3) is 0 Å². The van der Waals surface area contributed by atoms with Crippen molar-refractivity contribution < 1.29 is 9.59 Å². The summed E-state index contributed by atoms with van der Waals surface area (Å²) in [4.78, 5) is 29.9. The lowest BCUT2D eigenvalue weighted by Gasteiger charge is -2.39. The van der Waals surface area contributed by atoms with Crippen LogP contribution in [-0.4, -0.2) is 53.3 Å². The number of nitrogens with one attached hydrogen (secondary N) is 1. The maximum absolute atomic E-state index is 13.0. The van der Waals surface area contributed by atoms with Gasteiger partial charge in [0.15, 0.2) is 0 Å². The Morgan fingerprint density at radius 3 is 2.03 bits per heavy atom. The second-order valence-corrected chi connectivity index (χ2v) is 9.11. The van der Waals surface area contributed by atoms with Gasteiger partial charge in [-0.25, -0.2) is 0 Å². The van der Waals surface area contributed by atoms with E-state index in [1.807, 2.05) is 18.2 Å². The molecule has 0 aromatic heterocycles. The molecule has 2 amide bonds. The number of amides is 2. The highest BCUT2D eigenvalue weighted by atomic mass is 16.2. The third kappa shape index (κ3) is 6.67. The fourth-order valence-corrected chi connectivity index (χ4v) is 4.68. The first-order valence-corrected chi connectivity index (χ1v) is 12.1. The van der Waals surface area contributed by atoms with Gasteiger partial charge >= 0.3 is 0 Å². The van der Waals surface area contributed by atoms with Crippen LogP contribution in [0.2, 0.25) is 0 Å². The maximum atomic E-state index is 13.0. The molecule has 0 radical (unpaired) electrons. The highest BCUT2D eigenvalue weighted by molar-refractivity contribution is 5.84. The molecule has 4 rings (SSSR count). The lowest BCUT2D eigenvalue weighted by molar-refractivity contribution is -0.137. The molecule has 0 bridgehead atoms. The molecule has 1 heterocycles. The third-order valence-corrected chi connectivity index (χ3v) is 6.57. The van der Waals surface area contributed by atoms with Gasteiger partial charge in [0.05, 0.1) is 0 Å². The van der Waals surface area contributed by atoms with Crippen molar-refractivity contribution in [1.29, 1.82) is 0 Å². The molecule has 0 atom stereocenters. The zero-order chi connectivity index (χ0) is 22.2. The molecule has 2 aromatic rings. The Labute approximate surface area is 191 Å². The molecule has 1 aliphatic heterocycles. The standard InChI is InChI=1S/C27H35N3O2/c31-26(28-18-15-22-7-3-1-4-8-22)13-14-27(32)30(24-11-12-24)25-16-19-29(20-17-25)21-23-9-5-2-6-10-23/h1-10,24-25H,11-21H2,(H,28,31). The first kappa shape index (κ1) is 22.5. The second-order valence-electron chi connectivity index (χ2n) is 9.11. The number of hydrogen-bond acceptors (Lipinski definition) is 3. The highest BCUT2D eigenvalue weighted by Gasteiger charge is 2.38. The van der Waals surface area contributed by atoms with Gasteiger partial charge in [-0.15, -0.1) is 0 Å². The smallest absolute Gasteiger partial charge is 0.223 e. The number of carbonyl (C=O) groups is 2. The van der Waals surface area contributed by atoms with Crippen LogP contribution in [0.15, 0.2) is 60.7 Å². The van der Waals surface area contributed by atoms with E-state index >= 15 is 0 Å². The Bertz CT molecular complexity index is 859. The number of benzene rings is 2. The summed E-state index contributed by atoms with van der Waals surface area (Å²) in [6, 6.07) is 21.4. The lowest BCUT2D eigenvalue weighted by Crippen LogP contribution is -2.48. The molecule has 5 nitrogen and oxygen atoms in total. The zero-order valence-corrected chi connectivity index (χ0v) is 18.9. The number of piperidine rings is 1. The van der Waals surface area contributed by atoms with Crippen LogP contribution in [0.5, 0.6) is 0 Å². The summed E-state index contributed by atoms with van der Waals surface area (Å²) < 4.78 is 0. The zero-order valence-electron chi connectivity index (χ0n) is 18.9. The van der Waals surface area contributed by atoms with E-state index < -0.39 is 0 Å². The van der Waals surface area contributed by atoms with E-state index in [1.54, 1.807) is 0 Å². The predicted octanol–water partition coefficient (Wildman–Crippen LogP) is 3.78. The highest BCUT2D eigenvalue weighted by Crippen LogP contribution is 2.32. The third-order valence-electron chi connectivity index (χ3n) is 6.57. The molecule has 2 aromatic carbocycles. The van der Waals surface area contributed by atoms with Gasteiger partial charge in [-0.05, 0) is 43.2 Å². The first-order chi connectivity index (χ1) is 15.7. The monoisotopic (exact) mass is 433 g/mol. The number of nitrogens with zero attached hydrogens (tertiary/aromatic N) is 2. The van der Waals surface area contributed by atoms with Gasteiger partial charge in [-0.1, -0.05) is 60.7 Å². The summed E-state index contributed by atoms with van der Waals surface area (Å²) in [5.74, 6) is 0.134. The van der Waals surface area contributed by atoms with Gasteiger partial charge in [0.2, 0.25) is 11.8 Å². The SMILES string of the molecule is O=C(CCC(=O)N(C1CC1)C1CCN(Cc2ccccc2)CC1)NCCc1ccccc1. The van der Waals surface area contributed by atoms with Gasteiger partial charge < -0.3 is 10.2 Å². The minimum absolute atomic E-state index is 0.0253. The molecule has 2 aliphatic rings. The minimum atomic E-state index is -0.0253. The molecule has 1 N–H and O–H groups in total. The van der Waals surface area contributed by atoms with Crippen LogP contribution in [0.4, 0.5) is 0 Å². The van der Waals surface area contributed by atoms with Crippen molar-refractivity contribution in [2.75, 3.05) is 19.6 Å². The van der Waals surface area contributed by atoms with Crippen molar-refractivity contribution >= 4 is 11.8 Å². The maximum Gasteiger partial charge on any atom is 0.223 e. The molecule has 1 saturated heterocycles. The van der Waals surface area contributed by atoms with Crippen LogP contribution in [0, 0.1) is 0 Å². The van der Waals surface area contributed by atoms with E-state index in [-0.39, 0.29) is 18.2 Å². The van der Waals surface area contributed by atoms with Crippen LogP contribution < -0.4 is 5.32 Å². The molecule has 32 heavy (non-hydrogen) atoms. The van der Waals surface area contributed by atoms with Crippen LogP contribution in [0.3, 0.4) is 0 Å². The molecule has 0 unspecified atom stereocenters. The van der Waals surface area contributed by atoms with Crippen LogP contribution in [0.1, 0.15) is 49.7 Å². The first-order valence-electron chi connectivity index (χ1n) is 12.1. The minimum Gasteiger partial charge on any atom is -0.356 e. The van der Waals surface area contributed by atoms with Crippen LogP contribution in [-0.2, 0) is 22.6 Å². The normalized spacial score (nSPS) is 17.1. The van der Waals surface area contributed by atoms with Crippen molar-refractivity contribution in [3.8, 4) is 0 Å². The number of rotatable bonds is 10. The van der Waals surface area contributed by atoms with E-state index in [0.717, 1.165) is 51.7 Å². The average Bonchev–Trinajstić information content (AvgIpc) is 3.65. The van der Waals surface area contributed by atoms with E-state index in [0.29, 0.717) is 25.0 Å². The molecular weight excluding hydrogens is 398 g/mol. The molecule has 2 fully saturated rings. The second kappa shape index (κ2) is 11.3. The molecule has 170 valence electrons. The molecule has 0 spiro atoms. The van der Waals surface area contributed by atoms with Gasteiger partial charge in [-0.3, -0.25) is 14.5 Å². The van der Waals surface area contributed by atoms with Crippen molar-refractivity contribution in [2.45, 2.75) is 63.6 Å². The molecule has 1 saturated carbocycles. The molecule has 5 heteroatoms. The van der Waals surface area contributed by atoms with Crippen molar-refractivity contribution in [1.82, 2.24) is 15.1 Å². The summed E-state index contributed by atoms with van der Waals surface area (Å²) in [5, 5.41) is 2.96. The topological polar surface area (TPSA) is 52.7 Å². The van der Waals surface area contributed by atoms with Gasteiger partial charge in [0, 0.05) is 51.1 Å². The summed E-state index contributed by atoms with van der Waals surface area (Å²) in [6.45, 7) is 3.64. The van der Waals surface area contributed by atoms with Crippen molar-refractivity contribution in [3.63, 3.8) is 0 Å². The largest absolute Gasteiger partial charge is 0.356 e. The fourth-order valence-electron chi connectivity index (χ4n) is 4.68. The predicted molar refractivity (Wildman–Crippen MR) is 127 cm³/mol. The summed E-state index contributed by atoms with van der Waals surface area (Å²) in [5.41, 5.74) is 2.56. The van der Waals surface area contributed by atoms with E-state index in [2.05, 4.69) is 57.6 Å². The quantitative estimate of drug-likeness (QED) is 0.620. The Morgan fingerprint density at radius 1 is 0.812 bits per heavy atom. The lowest BCUT2D eigenvalue weighted by atomic mass is 10.0. The van der Waals surface area contributed by atoms with Gasteiger partial charge in [0.1, 0.15) is 0 Å². The number of hydrogen-bond donors (Lipinski definition) is 1. The van der Waals surface area contributed by atoms with E-state index in [4.69, 9.17) is 0 Å². The summed E-state index contributed by atoms with van der Waals surface area (Å²) in [6.07, 6.45) is 5.69.